The molecule has 2 amide bonds. The van der Waals surface area contributed by atoms with Crippen LogP contribution in [0, 0.1) is 0 Å². The van der Waals surface area contributed by atoms with Crippen LogP contribution in [0.1, 0.15) is 30.4 Å². The molecule has 6 heteroatoms. The van der Waals surface area contributed by atoms with Gasteiger partial charge in [-0.1, -0.05) is 60.7 Å². The summed E-state index contributed by atoms with van der Waals surface area (Å²) in [5.41, 5.74) is 1.88. The van der Waals surface area contributed by atoms with Gasteiger partial charge in [0.15, 0.2) is 0 Å². The Labute approximate surface area is 165 Å². The fourth-order valence-electron chi connectivity index (χ4n) is 3.17. The predicted molar refractivity (Wildman–Crippen MR) is 106 cm³/mol. The minimum absolute atomic E-state index is 0.143. The van der Waals surface area contributed by atoms with Crippen molar-refractivity contribution in [1.29, 1.82) is 0 Å². The molecule has 1 aliphatic rings. The number of likely N-dealkylation sites (tertiary alicyclic amines) is 1. The summed E-state index contributed by atoms with van der Waals surface area (Å²) in [6.07, 6.45) is 1.82. The fraction of sp³-hybridized carbons (Fsp3) is 0.364. The van der Waals surface area contributed by atoms with E-state index in [0.29, 0.717) is 13.1 Å². The van der Waals surface area contributed by atoms with Crippen LogP contribution in [0.15, 0.2) is 60.7 Å². The van der Waals surface area contributed by atoms with Gasteiger partial charge in [0, 0.05) is 19.1 Å². The molecule has 1 atom stereocenters. The van der Waals surface area contributed by atoms with Crippen LogP contribution < -0.4 is 5.32 Å². The summed E-state index contributed by atoms with van der Waals surface area (Å²) in [4.78, 5) is 26.2. The first-order valence-electron chi connectivity index (χ1n) is 9.63. The minimum atomic E-state index is -0.464. The molecule has 148 valence electrons. The van der Waals surface area contributed by atoms with Gasteiger partial charge in [0.25, 0.3) is 0 Å². The molecule has 28 heavy (non-hydrogen) atoms. The van der Waals surface area contributed by atoms with Crippen molar-refractivity contribution in [2.45, 2.75) is 38.5 Å². The molecule has 1 unspecified atom stereocenters. The average Bonchev–Trinajstić information content (AvgIpc) is 2.97. The molecule has 1 N–H and O–H groups in total. The number of ether oxygens (including phenoxy) is 2. The maximum absolute atomic E-state index is 12.4. The SMILES string of the molecule is O=C(NC1CCCCN(C(=O)OCc2ccccc2)C1)OCc1ccccc1. The van der Waals surface area contributed by atoms with E-state index >= 15 is 0 Å². The van der Waals surface area contributed by atoms with Crippen molar-refractivity contribution in [3.63, 3.8) is 0 Å². The van der Waals surface area contributed by atoms with E-state index in [0.717, 1.165) is 30.4 Å². The van der Waals surface area contributed by atoms with Crippen molar-refractivity contribution < 1.29 is 19.1 Å². The van der Waals surface area contributed by atoms with Crippen molar-refractivity contribution >= 4 is 12.2 Å². The number of benzene rings is 2. The van der Waals surface area contributed by atoms with Crippen molar-refractivity contribution in [3.8, 4) is 0 Å². The monoisotopic (exact) mass is 382 g/mol. The number of alkyl carbamates (subject to hydrolysis) is 1. The van der Waals surface area contributed by atoms with Crippen LogP contribution in [0.4, 0.5) is 9.59 Å². The Kier molecular flexibility index (Phi) is 7.29. The molecule has 3 rings (SSSR count). The second kappa shape index (κ2) is 10.3. The van der Waals surface area contributed by atoms with Gasteiger partial charge in [-0.25, -0.2) is 9.59 Å². The molecule has 2 aromatic carbocycles. The highest BCUT2D eigenvalue weighted by molar-refractivity contribution is 5.69. The van der Waals surface area contributed by atoms with Gasteiger partial charge in [0.2, 0.25) is 0 Å². The predicted octanol–water partition coefficient (Wildman–Crippen LogP) is 4.10. The second-order valence-corrected chi connectivity index (χ2v) is 6.88. The highest BCUT2D eigenvalue weighted by atomic mass is 16.6. The quantitative estimate of drug-likeness (QED) is 0.845. The van der Waals surface area contributed by atoms with E-state index in [1.807, 2.05) is 60.7 Å². The Bertz CT molecular complexity index is 752. The molecule has 0 aromatic heterocycles. The maximum Gasteiger partial charge on any atom is 0.410 e. The normalized spacial score (nSPS) is 16.7. The lowest BCUT2D eigenvalue weighted by Crippen LogP contribution is -2.44. The Balaban J connectivity index is 1.46. The van der Waals surface area contributed by atoms with Crippen molar-refractivity contribution in [1.82, 2.24) is 10.2 Å². The lowest BCUT2D eigenvalue weighted by atomic mass is 10.1. The van der Waals surface area contributed by atoms with E-state index in [4.69, 9.17) is 9.47 Å². The van der Waals surface area contributed by atoms with E-state index in [2.05, 4.69) is 5.32 Å². The first kappa shape index (κ1) is 19.7. The van der Waals surface area contributed by atoms with Gasteiger partial charge in [-0.15, -0.1) is 0 Å². The number of nitrogens with zero attached hydrogens (tertiary/aromatic N) is 1. The van der Waals surface area contributed by atoms with Gasteiger partial charge in [0.1, 0.15) is 13.2 Å². The summed E-state index contributed by atoms with van der Waals surface area (Å²) in [5, 5.41) is 2.88. The average molecular weight is 382 g/mol. The molecule has 1 saturated heterocycles. The van der Waals surface area contributed by atoms with Gasteiger partial charge in [-0.05, 0) is 30.4 Å². The van der Waals surface area contributed by atoms with Crippen molar-refractivity contribution in [2.24, 2.45) is 0 Å². The van der Waals surface area contributed by atoms with Gasteiger partial charge in [0.05, 0.1) is 0 Å². The Morgan fingerprint density at radius 3 is 2.14 bits per heavy atom. The van der Waals surface area contributed by atoms with Crippen molar-refractivity contribution in [2.75, 3.05) is 13.1 Å². The molecule has 1 aliphatic heterocycles. The summed E-state index contributed by atoms with van der Waals surface area (Å²) in [6, 6.07) is 19.0. The van der Waals surface area contributed by atoms with E-state index < -0.39 is 6.09 Å². The van der Waals surface area contributed by atoms with Crippen LogP contribution >= 0.6 is 0 Å². The van der Waals surface area contributed by atoms with Gasteiger partial charge >= 0.3 is 12.2 Å². The third-order valence-corrected chi connectivity index (χ3v) is 4.67. The molecule has 1 heterocycles. The van der Waals surface area contributed by atoms with Gasteiger partial charge in [-0.3, -0.25) is 0 Å². The zero-order chi connectivity index (χ0) is 19.6. The largest absolute Gasteiger partial charge is 0.445 e. The first-order valence-corrected chi connectivity index (χ1v) is 9.63. The molecule has 0 bridgehead atoms. The van der Waals surface area contributed by atoms with E-state index in [9.17, 15) is 9.59 Å². The van der Waals surface area contributed by atoms with Crippen LogP contribution in [0.5, 0.6) is 0 Å². The molecule has 0 spiro atoms. The van der Waals surface area contributed by atoms with Crippen LogP contribution in [0.25, 0.3) is 0 Å². The molecular formula is C22H26N2O4. The first-order chi connectivity index (χ1) is 13.7. The summed E-state index contributed by atoms with van der Waals surface area (Å²) in [7, 11) is 0. The lowest BCUT2D eigenvalue weighted by Gasteiger charge is -2.24. The summed E-state index contributed by atoms with van der Waals surface area (Å²) < 4.78 is 10.7. The Hall–Kier alpha value is -3.02. The van der Waals surface area contributed by atoms with E-state index in [1.54, 1.807) is 4.90 Å². The maximum atomic E-state index is 12.4. The summed E-state index contributed by atoms with van der Waals surface area (Å²) >= 11 is 0. The van der Waals surface area contributed by atoms with Crippen LogP contribution in [-0.2, 0) is 22.7 Å². The number of hydrogen-bond acceptors (Lipinski definition) is 4. The lowest BCUT2D eigenvalue weighted by molar-refractivity contribution is 0.0927. The van der Waals surface area contributed by atoms with Crippen LogP contribution in [-0.4, -0.2) is 36.2 Å². The minimum Gasteiger partial charge on any atom is -0.445 e. The van der Waals surface area contributed by atoms with E-state index in [-0.39, 0.29) is 25.3 Å². The number of amides is 2. The number of carbonyl (C=O) groups excluding carboxylic acids is 2. The smallest absolute Gasteiger partial charge is 0.410 e. The zero-order valence-electron chi connectivity index (χ0n) is 15.9. The van der Waals surface area contributed by atoms with Crippen LogP contribution in [0.3, 0.4) is 0 Å². The molecule has 0 aliphatic carbocycles. The highest BCUT2D eigenvalue weighted by Crippen LogP contribution is 2.13. The molecule has 0 radical (unpaired) electrons. The topological polar surface area (TPSA) is 67.9 Å². The third kappa shape index (κ3) is 6.30. The van der Waals surface area contributed by atoms with Crippen molar-refractivity contribution in [3.05, 3.63) is 71.8 Å². The summed E-state index contributed by atoms with van der Waals surface area (Å²) in [6.45, 7) is 1.52. The number of hydrogen-bond donors (Lipinski definition) is 1. The van der Waals surface area contributed by atoms with Gasteiger partial charge in [-0.2, -0.15) is 0 Å². The number of carbonyl (C=O) groups is 2. The Morgan fingerprint density at radius 2 is 1.50 bits per heavy atom. The standard InChI is InChI=1S/C22H26N2O4/c25-21(27-16-18-9-3-1-4-10-18)23-20-13-7-8-14-24(15-20)22(26)28-17-19-11-5-2-6-12-19/h1-6,9-12,20H,7-8,13-17H2,(H,23,25). The van der Waals surface area contributed by atoms with Gasteiger partial charge < -0.3 is 19.7 Å². The van der Waals surface area contributed by atoms with Crippen LogP contribution in [0.2, 0.25) is 0 Å². The number of nitrogens with one attached hydrogen (secondary N) is 1. The number of rotatable bonds is 5. The molecule has 1 fully saturated rings. The summed E-state index contributed by atoms with van der Waals surface area (Å²) in [5.74, 6) is 0. The van der Waals surface area contributed by atoms with E-state index in [1.165, 1.54) is 0 Å². The molecule has 6 nitrogen and oxygen atoms in total. The highest BCUT2D eigenvalue weighted by Gasteiger charge is 2.24. The second-order valence-electron chi connectivity index (χ2n) is 6.88. The Morgan fingerprint density at radius 1 is 0.893 bits per heavy atom. The third-order valence-electron chi connectivity index (χ3n) is 4.67. The molecule has 0 saturated carbocycles. The zero-order valence-corrected chi connectivity index (χ0v) is 15.9. The molecular weight excluding hydrogens is 356 g/mol. The molecule has 2 aromatic rings. The fourth-order valence-corrected chi connectivity index (χ4v) is 3.17.